The van der Waals surface area contributed by atoms with Crippen molar-refractivity contribution in [1.82, 2.24) is 0 Å². The van der Waals surface area contributed by atoms with Crippen molar-refractivity contribution in [3.8, 4) is 0 Å². The number of rotatable bonds is 0. The van der Waals surface area contributed by atoms with Crippen LogP contribution in [-0.4, -0.2) is 52.8 Å². The Labute approximate surface area is 62.7 Å². The van der Waals surface area contributed by atoms with Crippen LogP contribution in [0.4, 0.5) is 0 Å². The molecule has 0 aliphatic rings. The summed E-state index contributed by atoms with van der Waals surface area (Å²) in [7, 11) is -0.750. The third-order valence-corrected chi connectivity index (χ3v) is 0. The Kier molecular flexibility index (Phi) is 143. The zero-order valence-corrected chi connectivity index (χ0v) is 4.22. The van der Waals surface area contributed by atoms with E-state index in [0.717, 1.165) is 0 Å². The maximum atomic E-state index is 7.12. The Balaban J connectivity index is -0.00000000667. The summed E-state index contributed by atoms with van der Waals surface area (Å²) in [5, 5.41) is 14.2. The molecule has 0 aromatic rings. The molecule has 0 aromatic carbocycles. The molecule has 0 aliphatic carbocycles. The molecule has 0 spiro atoms. The molecule has 0 saturated carbocycles. The third-order valence-electron chi connectivity index (χ3n) is 0. The molecule has 6 heavy (non-hydrogen) atoms. The molecule has 0 heterocycles. The Morgan fingerprint density at radius 2 is 1.17 bits per heavy atom. The van der Waals surface area contributed by atoms with Gasteiger partial charge in [-0.3, -0.25) is 0 Å². The van der Waals surface area contributed by atoms with Crippen molar-refractivity contribution < 1.29 is 15.5 Å². The van der Waals surface area contributed by atoms with Gasteiger partial charge in [-0.05, 0) is 0 Å². The second-order valence-corrected chi connectivity index (χ2v) is 0.141. The molecule has 0 aliphatic heterocycles. The molecule has 1 unspecified atom stereocenters. The van der Waals surface area contributed by atoms with Gasteiger partial charge in [0, 0.05) is 0 Å². The van der Waals surface area contributed by atoms with E-state index in [2.05, 4.69) is 0 Å². The van der Waals surface area contributed by atoms with E-state index in [1.807, 2.05) is 0 Å². The van der Waals surface area contributed by atoms with Crippen LogP contribution in [0.15, 0.2) is 0 Å². The number of hydrogen-bond donors (Lipinski definition) is 2. The van der Waals surface area contributed by atoms with Gasteiger partial charge in [-0.15, -0.1) is 0 Å². The van der Waals surface area contributed by atoms with Gasteiger partial charge in [0.05, 0.1) is 0 Å². The van der Waals surface area contributed by atoms with Crippen molar-refractivity contribution >= 4 is 47.1 Å². The topological polar surface area (TPSA) is 72.0 Å². The van der Waals surface area contributed by atoms with E-state index in [1.165, 1.54) is 0 Å². The predicted molar refractivity (Wildman–Crippen MR) is 33.5 cm³/mol. The van der Waals surface area contributed by atoms with Gasteiger partial charge >= 0.3 is 37.2 Å². The monoisotopic (exact) mass is 122 g/mol. The summed E-state index contributed by atoms with van der Waals surface area (Å²) < 4.78 is 0. The molecule has 6 heteroatoms. The van der Waals surface area contributed by atoms with Crippen LogP contribution < -0.4 is 0 Å². The van der Waals surface area contributed by atoms with E-state index in [1.54, 1.807) is 0 Å². The first-order chi connectivity index (χ1) is 1.41. The first-order valence-electron chi connectivity index (χ1n) is 0.632. The first-order valence-corrected chi connectivity index (χ1v) is 0.632. The average molecular weight is 122 g/mol. The maximum absolute atomic E-state index is 7.12. The Hall–Kier alpha value is 1.37. The zero-order valence-electron chi connectivity index (χ0n) is 2.81. The molecule has 1 atom stereocenters. The van der Waals surface area contributed by atoms with Gasteiger partial charge in [0.15, 0.2) is 0 Å². The second-order valence-electron chi connectivity index (χ2n) is 0.141. The Morgan fingerprint density at radius 3 is 1.17 bits per heavy atom. The molecule has 0 rings (SSSR count). The van der Waals surface area contributed by atoms with Crippen molar-refractivity contribution in [3.63, 3.8) is 0 Å². The molecule has 0 fully saturated rings. The summed E-state index contributed by atoms with van der Waals surface area (Å²) in [6.45, 7) is 0. The minimum absolute atomic E-state index is 0. The molecule has 0 bridgehead atoms. The second kappa shape index (κ2) is 32.7. The van der Waals surface area contributed by atoms with Crippen molar-refractivity contribution in [2.75, 3.05) is 0 Å². The van der Waals surface area contributed by atoms with Crippen LogP contribution in [0.5, 0.6) is 0 Å². The summed E-state index contributed by atoms with van der Waals surface area (Å²) in [5.74, 6) is 0. The van der Waals surface area contributed by atoms with Crippen LogP contribution in [0.25, 0.3) is 0 Å². The molecular weight excluding hydrogens is 113 g/mol. The van der Waals surface area contributed by atoms with Gasteiger partial charge in [0.25, 0.3) is 0 Å². The van der Waals surface area contributed by atoms with Gasteiger partial charge < -0.3 is 15.5 Å². The summed E-state index contributed by atoms with van der Waals surface area (Å²) in [4.78, 5) is 0. The van der Waals surface area contributed by atoms with Crippen LogP contribution >= 0.6 is 9.90 Å². The van der Waals surface area contributed by atoms with Crippen molar-refractivity contribution in [1.29, 1.82) is 0 Å². The van der Waals surface area contributed by atoms with Crippen LogP contribution in [0.1, 0.15) is 0 Å². The fourth-order valence-corrected chi connectivity index (χ4v) is 0. The zero-order chi connectivity index (χ0) is 2.71. The van der Waals surface area contributed by atoms with Gasteiger partial charge in [0.1, 0.15) is 0 Å². The molecule has 0 aromatic heterocycles. The molecular formula is H9BNaO3P. The van der Waals surface area contributed by atoms with Gasteiger partial charge in [0.2, 0.25) is 0 Å². The third kappa shape index (κ3) is 54.4. The molecule has 36 valence electrons. The van der Waals surface area contributed by atoms with Crippen molar-refractivity contribution in [2.45, 2.75) is 0 Å². The van der Waals surface area contributed by atoms with Crippen LogP contribution in [0.3, 0.4) is 0 Å². The van der Waals surface area contributed by atoms with E-state index in [4.69, 9.17) is 10.0 Å². The number of hydrogen-bond acceptors (Lipinski definition) is 2. The van der Waals surface area contributed by atoms with E-state index in [9.17, 15) is 0 Å². The SMILES string of the molecule is O.OBO.P.[NaH]. The Morgan fingerprint density at radius 1 is 1.17 bits per heavy atom. The summed E-state index contributed by atoms with van der Waals surface area (Å²) in [5.41, 5.74) is 0. The van der Waals surface area contributed by atoms with E-state index in [-0.39, 0.29) is 44.9 Å². The van der Waals surface area contributed by atoms with Gasteiger partial charge in [-0.25, -0.2) is 0 Å². The van der Waals surface area contributed by atoms with E-state index < -0.39 is 7.69 Å². The van der Waals surface area contributed by atoms with E-state index in [0.29, 0.717) is 0 Å². The van der Waals surface area contributed by atoms with Crippen molar-refractivity contribution in [3.05, 3.63) is 0 Å². The summed E-state index contributed by atoms with van der Waals surface area (Å²) in [6.07, 6.45) is 0. The molecule has 0 amide bonds. The van der Waals surface area contributed by atoms with Crippen LogP contribution in [-0.2, 0) is 0 Å². The fraction of sp³-hybridized carbons (Fsp3) is 0. The summed E-state index contributed by atoms with van der Waals surface area (Å²) in [6, 6.07) is 0. The fourth-order valence-electron chi connectivity index (χ4n) is 0. The summed E-state index contributed by atoms with van der Waals surface area (Å²) >= 11 is 0. The quantitative estimate of drug-likeness (QED) is 0.262. The van der Waals surface area contributed by atoms with Crippen LogP contribution in [0.2, 0.25) is 0 Å². The predicted octanol–water partition coefficient (Wildman–Crippen LogP) is -3.18. The molecule has 3 nitrogen and oxygen atoms in total. The standard InChI is InChI=1S/BH3O2.Na.H2O.H3P.H/c2-1-3;;;;/h1-3H;;1H2;1H3;. The van der Waals surface area contributed by atoms with Crippen molar-refractivity contribution in [2.24, 2.45) is 0 Å². The van der Waals surface area contributed by atoms with Gasteiger partial charge in [-0.1, -0.05) is 0 Å². The van der Waals surface area contributed by atoms with E-state index >= 15 is 0 Å². The normalized spacial score (nSPS) is 2.33. The molecule has 0 saturated heterocycles. The van der Waals surface area contributed by atoms with Crippen LogP contribution in [0, 0.1) is 0 Å². The minimum atomic E-state index is -0.750. The first kappa shape index (κ1) is 26.3. The molecule has 4 N–H and O–H groups in total. The van der Waals surface area contributed by atoms with Gasteiger partial charge in [-0.2, -0.15) is 9.90 Å². The Bertz CT molecular complexity index is 10.8. The molecule has 0 radical (unpaired) electrons. The average Bonchev–Trinajstić information content (AvgIpc) is 0.918.